The summed E-state index contributed by atoms with van der Waals surface area (Å²) in [7, 11) is 3.58. The second-order valence-electron chi connectivity index (χ2n) is 6.52. The van der Waals surface area contributed by atoms with E-state index in [9.17, 15) is 4.57 Å². The third-order valence-corrected chi connectivity index (χ3v) is 6.88. The van der Waals surface area contributed by atoms with Crippen LogP contribution in [0.1, 0.15) is 11.3 Å². The summed E-state index contributed by atoms with van der Waals surface area (Å²) in [6.07, 6.45) is 0. The van der Waals surface area contributed by atoms with Gasteiger partial charge in [0, 0.05) is 19.8 Å². The molecule has 3 aromatic rings. The molecule has 0 radical (unpaired) electrons. The average Bonchev–Trinajstić information content (AvgIpc) is 2.86. The predicted octanol–water partition coefficient (Wildman–Crippen LogP) is 4.77. The van der Waals surface area contributed by atoms with Crippen LogP contribution >= 0.6 is 7.60 Å². The highest BCUT2D eigenvalue weighted by Gasteiger charge is 2.38. The van der Waals surface area contributed by atoms with Crippen LogP contribution in [0.5, 0.6) is 17.5 Å². The number of hydrogen-bond donors (Lipinski definition) is 1. The van der Waals surface area contributed by atoms with Gasteiger partial charge in [0.25, 0.3) is 0 Å². The standard InChI is InChI=1S/C22H26N3O6P/c1-27-18-13-9-8-12-17(18)23-22(32(26,30-4)31-5)16-11-7-6-10-15(16)21-24-19(28-2)14-20(25-21)29-3/h6-14,22-23H,1-5H3. The van der Waals surface area contributed by atoms with E-state index < -0.39 is 13.4 Å². The van der Waals surface area contributed by atoms with Crippen molar-refractivity contribution in [3.05, 3.63) is 60.2 Å². The Morgan fingerprint density at radius 1 is 0.812 bits per heavy atom. The van der Waals surface area contributed by atoms with Crippen LogP contribution in [-0.2, 0) is 13.6 Å². The van der Waals surface area contributed by atoms with Crippen LogP contribution in [0, 0.1) is 0 Å². The van der Waals surface area contributed by atoms with Gasteiger partial charge in [-0.05, 0) is 17.7 Å². The van der Waals surface area contributed by atoms with Gasteiger partial charge in [0.15, 0.2) is 11.6 Å². The van der Waals surface area contributed by atoms with Crippen LogP contribution in [0.3, 0.4) is 0 Å². The topological polar surface area (TPSA) is 101 Å². The highest BCUT2D eigenvalue weighted by Crippen LogP contribution is 2.61. The lowest BCUT2D eigenvalue weighted by Crippen LogP contribution is -2.15. The monoisotopic (exact) mass is 459 g/mol. The van der Waals surface area contributed by atoms with E-state index >= 15 is 0 Å². The molecule has 3 rings (SSSR count). The Hall–Kier alpha value is -3.13. The first kappa shape index (κ1) is 23.5. The molecule has 0 aliphatic rings. The molecule has 0 aliphatic carbocycles. The zero-order chi connectivity index (χ0) is 23.1. The number of anilines is 1. The number of rotatable bonds is 10. The maximum atomic E-state index is 13.6. The molecule has 0 amide bonds. The summed E-state index contributed by atoms with van der Waals surface area (Å²) in [4.78, 5) is 8.90. The first-order valence-corrected chi connectivity index (χ1v) is 11.3. The van der Waals surface area contributed by atoms with Crippen molar-refractivity contribution in [2.45, 2.75) is 5.78 Å². The van der Waals surface area contributed by atoms with Crippen molar-refractivity contribution in [3.8, 4) is 28.9 Å². The molecule has 1 N–H and O–H groups in total. The molecule has 1 aromatic heterocycles. The van der Waals surface area contributed by atoms with Crippen LogP contribution in [0.25, 0.3) is 11.4 Å². The normalized spacial score (nSPS) is 12.2. The highest BCUT2D eigenvalue weighted by atomic mass is 31.2. The molecule has 0 saturated carbocycles. The SMILES string of the molecule is COc1cc(OC)nc(-c2ccccc2C(Nc2ccccc2OC)P(=O)(OC)OC)n1. The number of hydrogen-bond acceptors (Lipinski definition) is 9. The molecule has 170 valence electrons. The number of nitrogens with one attached hydrogen (secondary N) is 1. The van der Waals surface area contributed by atoms with E-state index in [4.69, 9.17) is 23.3 Å². The molecule has 1 unspecified atom stereocenters. The van der Waals surface area contributed by atoms with Gasteiger partial charge in [0.1, 0.15) is 5.75 Å². The third-order valence-electron chi connectivity index (χ3n) is 4.82. The molecular weight excluding hydrogens is 433 g/mol. The largest absolute Gasteiger partial charge is 0.495 e. The van der Waals surface area contributed by atoms with Gasteiger partial charge in [0.05, 0.1) is 33.1 Å². The minimum absolute atomic E-state index is 0.331. The number of para-hydroxylation sites is 2. The summed E-state index contributed by atoms with van der Waals surface area (Å²) in [6, 6.07) is 16.1. The van der Waals surface area contributed by atoms with Crippen molar-refractivity contribution in [1.29, 1.82) is 0 Å². The van der Waals surface area contributed by atoms with E-state index in [0.29, 0.717) is 40.1 Å². The lowest BCUT2D eigenvalue weighted by Gasteiger charge is -2.28. The Morgan fingerprint density at radius 3 is 2.00 bits per heavy atom. The molecule has 1 atom stereocenters. The molecule has 2 aromatic carbocycles. The van der Waals surface area contributed by atoms with Gasteiger partial charge in [-0.3, -0.25) is 4.57 Å². The van der Waals surface area contributed by atoms with E-state index in [2.05, 4.69) is 15.3 Å². The second kappa shape index (κ2) is 10.5. The third kappa shape index (κ3) is 4.85. The molecule has 0 saturated heterocycles. The summed E-state index contributed by atoms with van der Waals surface area (Å²) in [5.74, 6) is 0.677. The number of methoxy groups -OCH3 is 3. The fraction of sp³-hybridized carbons (Fsp3) is 0.273. The molecule has 0 aliphatic heterocycles. The summed E-state index contributed by atoms with van der Waals surface area (Å²) in [5.41, 5.74) is 1.82. The maximum Gasteiger partial charge on any atom is 0.356 e. The number of nitrogens with zero attached hydrogens (tertiary/aromatic N) is 2. The Balaban J connectivity index is 2.20. The van der Waals surface area contributed by atoms with E-state index in [1.54, 1.807) is 19.2 Å². The molecule has 0 spiro atoms. The second-order valence-corrected chi connectivity index (χ2v) is 8.84. The summed E-state index contributed by atoms with van der Waals surface area (Å²) in [5, 5.41) is 3.27. The minimum Gasteiger partial charge on any atom is -0.495 e. The first-order chi connectivity index (χ1) is 15.5. The van der Waals surface area contributed by atoms with Crippen molar-refractivity contribution >= 4 is 13.3 Å². The van der Waals surface area contributed by atoms with Crippen molar-refractivity contribution in [2.75, 3.05) is 40.9 Å². The zero-order valence-corrected chi connectivity index (χ0v) is 19.5. The molecule has 32 heavy (non-hydrogen) atoms. The fourth-order valence-electron chi connectivity index (χ4n) is 3.20. The number of ether oxygens (including phenoxy) is 3. The molecule has 0 bridgehead atoms. The van der Waals surface area contributed by atoms with E-state index in [0.717, 1.165) is 0 Å². The van der Waals surface area contributed by atoms with Gasteiger partial charge >= 0.3 is 7.60 Å². The summed E-state index contributed by atoms with van der Waals surface area (Å²) < 4.78 is 40.4. The first-order valence-electron chi connectivity index (χ1n) is 9.66. The Labute approximate surface area is 187 Å². The van der Waals surface area contributed by atoms with Crippen LogP contribution in [0.2, 0.25) is 0 Å². The fourth-order valence-corrected chi connectivity index (χ4v) is 4.63. The van der Waals surface area contributed by atoms with Crippen LogP contribution in [0.4, 0.5) is 5.69 Å². The molecule has 9 nitrogen and oxygen atoms in total. The summed E-state index contributed by atoms with van der Waals surface area (Å²) in [6.45, 7) is 0. The van der Waals surface area contributed by atoms with Crippen molar-refractivity contribution in [1.82, 2.24) is 9.97 Å². The summed E-state index contributed by atoms with van der Waals surface area (Å²) >= 11 is 0. The molecular formula is C22H26N3O6P. The van der Waals surface area contributed by atoms with Crippen LogP contribution in [0.15, 0.2) is 54.6 Å². The average molecular weight is 459 g/mol. The quantitative estimate of drug-likeness (QED) is 0.430. The van der Waals surface area contributed by atoms with E-state index in [1.165, 1.54) is 28.4 Å². The van der Waals surface area contributed by atoms with E-state index in [-0.39, 0.29) is 0 Å². The number of aromatic nitrogens is 2. The van der Waals surface area contributed by atoms with Gasteiger partial charge < -0.3 is 28.6 Å². The van der Waals surface area contributed by atoms with Crippen molar-refractivity contribution < 1.29 is 27.8 Å². The van der Waals surface area contributed by atoms with Gasteiger partial charge in [0.2, 0.25) is 11.8 Å². The Bertz CT molecular complexity index is 1080. The highest BCUT2D eigenvalue weighted by molar-refractivity contribution is 7.54. The van der Waals surface area contributed by atoms with Gasteiger partial charge in [-0.2, -0.15) is 9.97 Å². The van der Waals surface area contributed by atoms with Gasteiger partial charge in [-0.1, -0.05) is 36.4 Å². The van der Waals surface area contributed by atoms with Crippen LogP contribution in [-0.4, -0.2) is 45.5 Å². The van der Waals surface area contributed by atoms with Crippen LogP contribution < -0.4 is 19.5 Å². The van der Waals surface area contributed by atoms with Crippen molar-refractivity contribution in [3.63, 3.8) is 0 Å². The van der Waals surface area contributed by atoms with Gasteiger partial charge in [-0.15, -0.1) is 0 Å². The zero-order valence-electron chi connectivity index (χ0n) is 18.6. The minimum atomic E-state index is -3.68. The van der Waals surface area contributed by atoms with E-state index in [1.807, 2.05) is 42.5 Å². The maximum absolute atomic E-state index is 13.6. The van der Waals surface area contributed by atoms with Crippen molar-refractivity contribution in [2.24, 2.45) is 0 Å². The Morgan fingerprint density at radius 2 is 1.41 bits per heavy atom. The Kier molecular flexibility index (Phi) is 7.69. The predicted molar refractivity (Wildman–Crippen MR) is 122 cm³/mol. The lowest BCUT2D eigenvalue weighted by atomic mass is 10.1. The number of benzene rings is 2. The lowest BCUT2D eigenvalue weighted by molar-refractivity contribution is 0.268. The van der Waals surface area contributed by atoms with Gasteiger partial charge in [-0.25, -0.2) is 0 Å². The smallest absolute Gasteiger partial charge is 0.356 e. The molecule has 0 fully saturated rings. The molecule has 10 heteroatoms. The molecule has 1 heterocycles.